The lowest BCUT2D eigenvalue weighted by Gasteiger charge is -2.18. The Balaban J connectivity index is 0.000000358. The van der Waals surface area contributed by atoms with Gasteiger partial charge in [-0.1, -0.05) is 242 Å². The minimum atomic E-state index is 0.000557. The maximum absolute atomic E-state index is 12.7. The van der Waals surface area contributed by atoms with Crippen LogP contribution in [0.25, 0.3) is 0 Å². The first-order valence-electron chi connectivity index (χ1n) is 43.6. The summed E-state index contributed by atoms with van der Waals surface area (Å²) in [6.45, 7) is 10.9. The van der Waals surface area contributed by atoms with Crippen LogP contribution in [0.5, 0.6) is 0 Å². The second-order valence-corrected chi connectivity index (χ2v) is 33.8. The number of carbonyl (C=O) groups is 2. The molecule has 6 aliphatic carbocycles. The summed E-state index contributed by atoms with van der Waals surface area (Å²) >= 11 is 0. The fraction of sp³-hybridized carbons (Fsp3) is 0.848. The zero-order chi connectivity index (χ0) is 69.9. The van der Waals surface area contributed by atoms with E-state index in [0.717, 1.165) is 161 Å². The smallest absolute Gasteiger partial charge is 0.306 e. The van der Waals surface area contributed by atoms with Crippen LogP contribution in [-0.4, -0.2) is 75.2 Å². The zero-order valence-corrected chi connectivity index (χ0v) is 66.1. The number of hydrogen-bond acceptors (Lipinski definition) is 6. The van der Waals surface area contributed by atoms with E-state index in [1.165, 1.54) is 205 Å². The van der Waals surface area contributed by atoms with Crippen molar-refractivity contribution in [1.82, 2.24) is 9.80 Å². The van der Waals surface area contributed by atoms with Gasteiger partial charge in [0.15, 0.2) is 0 Å². The third-order valence-corrected chi connectivity index (χ3v) is 23.8. The van der Waals surface area contributed by atoms with Crippen LogP contribution >= 0.6 is 0 Å². The Labute approximate surface area is 609 Å². The van der Waals surface area contributed by atoms with Gasteiger partial charge in [0.05, 0.1) is 0 Å². The van der Waals surface area contributed by atoms with Crippen LogP contribution in [0.3, 0.4) is 0 Å². The molecule has 12 atom stereocenters. The monoisotopic (exact) mass is 1360 g/mol. The van der Waals surface area contributed by atoms with Gasteiger partial charge in [-0.25, -0.2) is 0 Å². The van der Waals surface area contributed by atoms with Crippen LogP contribution in [0.4, 0.5) is 0 Å². The summed E-state index contributed by atoms with van der Waals surface area (Å²) in [5, 5.41) is 0. The first-order chi connectivity index (χ1) is 48.0. The van der Waals surface area contributed by atoms with Gasteiger partial charge in [0, 0.05) is 12.8 Å². The number of esters is 2. The highest BCUT2D eigenvalue weighted by molar-refractivity contribution is 5.69. The first kappa shape index (κ1) is 85.9. The molecular weight excluding hydrogens is 1200 g/mol. The number of ether oxygens (including phenoxy) is 2. The second-order valence-electron chi connectivity index (χ2n) is 33.8. The first-order valence-corrected chi connectivity index (χ1v) is 43.6. The molecule has 98 heavy (non-hydrogen) atoms. The van der Waals surface area contributed by atoms with Crippen LogP contribution < -0.4 is 0 Å². The zero-order valence-electron chi connectivity index (χ0n) is 66.1. The highest BCUT2D eigenvalue weighted by Gasteiger charge is 2.50. The van der Waals surface area contributed by atoms with E-state index >= 15 is 0 Å². The average molecular weight is 1360 g/mol. The lowest BCUT2D eigenvalue weighted by molar-refractivity contribution is -0.151. The van der Waals surface area contributed by atoms with Gasteiger partial charge >= 0.3 is 11.9 Å². The molecule has 0 radical (unpaired) electrons. The Morgan fingerprint density at radius 2 is 0.561 bits per heavy atom. The molecule has 6 nitrogen and oxygen atoms in total. The minimum absolute atomic E-state index is 0.000557. The molecule has 0 amide bonds. The summed E-state index contributed by atoms with van der Waals surface area (Å²) in [4.78, 5) is 29.6. The lowest BCUT2D eigenvalue weighted by atomic mass is 10.0. The summed E-state index contributed by atoms with van der Waals surface area (Å²) in [6.07, 6.45) is 96.9. The normalized spacial score (nSPS) is 25.0. The van der Waals surface area contributed by atoms with Crippen molar-refractivity contribution in [2.24, 2.45) is 71.0 Å². The van der Waals surface area contributed by atoms with E-state index in [1.807, 2.05) is 0 Å². The predicted octanol–water partition coefficient (Wildman–Crippen LogP) is 26.9. The van der Waals surface area contributed by atoms with Crippen LogP contribution in [0.1, 0.15) is 374 Å². The number of unbranched alkanes of at least 4 members (excludes halogenated alkanes) is 20. The summed E-state index contributed by atoms with van der Waals surface area (Å²) in [6, 6.07) is 0. The molecule has 0 aromatic heterocycles. The Morgan fingerprint density at radius 1 is 0.306 bits per heavy atom. The average Bonchev–Trinajstić information content (AvgIpc) is 1.64. The molecule has 0 bridgehead atoms. The molecule has 6 rings (SSSR count). The third kappa shape index (κ3) is 46.1. The maximum Gasteiger partial charge on any atom is 0.306 e. The van der Waals surface area contributed by atoms with Crippen molar-refractivity contribution in [1.29, 1.82) is 0 Å². The van der Waals surface area contributed by atoms with E-state index in [0.29, 0.717) is 12.8 Å². The van der Waals surface area contributed by atoms with E-state index in [1.54, 1.807) is 51.4 Å². The van der Waals surface area contributed by atoms with Gasteiger partial charge in [0.25, 0.3) is 0 Å². The van der Waals surface area contributed by atoms with Gasteiger partial charge in [-0.2, -0.15) is 0 Å². The summed E-state index contributed by atoms with van der Waals surface area (Å²) in [5.74, 6) is 13.2. The molecule has 564 valence electrons. The molecule has 0 saturated heterocycles. The molecule has 6 aliphatic rings. The van der Waals surface area contributed by atoms with Gasteiger partial charge in [0.1, 0.15) is 12.2 Å². The van der Waals surface area contributed by atoms with Crippen LogP contribution in [-0.2, 0) is 19.1 Å². The standard InChI is InChI=1S/C49H87NO2.C43H75NO2/c1-5-7-11-18-36-26-40(36)30-44-34-46(44)32-42-28-38(42)20-13-9-15-22-48(52-49(51)24-17-25-50(3)4)23-16-10-14-21-39-29-43(39)33-47-35-45(47)31-41-27-37(41)19-12-8-6-2;1-5-7-9-11-13-15-17-19-21-23-25-27-29-31-33-35-38-42(46-43(45)40-37-41-44(3)4)39-36-34-32-30-28-26-24-22-20-18-16-14-12-10-8-6-2/h36-48H,5-35H2,1-4H3;7-10,13-16,19-22,42H,5-6,11-12,17-18,23-41H2,1-4H3/b;9-7-,10-8-,15-13-,16-14-,21-19-,22-20-. The van der Waals surface area contributed by atoms with Crippen molar-refractivity contribution in [2.75, 3.05) is 41.3 Å². The van der Waals surface area contributed by atoms with Crippen LogP contribution in [0.15, 0.2) is 72.9 Å². The van der Waals surface area contributed by atoms with E-state index in [9.17, 15) is 9.59 Å². The van der Waals surface area contributed by atoms with Crippen LogP contribution in [0.2, 0.25) is 0 Å². The number of hydrogen-bond donors (Lipinski definition) is 0. The highest BCUT2D eigenvalue weighted by Crippen LogP contribution is 2.60. The molecule has 0 N–H and O–H groups in total. The molecule has 6 saturated carbocycles. The molecule has 0 spiro atoms. The fourth-order valence-corrected chi connectivity index (χ4v) is 16.8. The lowest BCUT2D eigenvalue weighted by Crippen LogP contribution is -2.20. The van der Waals surface area contributed by atoms with Gasteiger partial charge in [-0.15, -0.1) is 0 Å². The number of nitrogens with zero attached hydrogens (tertiary/aromatic N) is 2. The Morgan fingerprint density at radius 3 is 0.867 bits per heavy atom. The second kappa shape index (κ2) is 55.8. The third-order valence-electron chi connectivity index (χ3n) is 23.8. The highest BCUT2D eigenvalue weighted by atomic mass is 16.5. The van der Waals surface area contributed by atoms with E-state index in [2.05, 4.69) is 139 Å². The Bertz CT molecular complexity index is 2020. The van der Waals surface area contributed by atoms with Gasteiger partial charge in [0.2, 0.25) is 0 Å². The van der Waals surface area contributed by atoms with Crippen molar-refractivity contribution < 1.29 is 19.1 Å². The predicted molar refractivity (Wildman–Crippen MR) is 426 cm³/mol. The van der Waals surface area contributed by atoms with E-state index in [4.69, 9.17) is 9.47 Å². The molecule has 12 unspecified atom stereocenters. The molecule has 0 aliphatic heterocycles. The van der Waals surface area contributed by atoms with Crippen LogP contribution in [0, 0.1) is 71.0 Å². The van der Waals surface area contributed by atoms with Gasteiger partial charge in [-0.05, 0) is 305 Å². The van der Waals surface area contributed by atoms with E-state index in [-0.39, 0.29) is 24.1 Å². The van der Waals surface area contributed by atoms with Crippen molar-refractivity contribution in [3.63, 3.8) is 0 Å². The molecule has 0 aromatic carbocycles. The summed E-state index contributed by atoms with van der Waals surface area (Å²) < 4.78 is 12.1. The quantitative estimate of drug-likeness (QED) is 0.0344. The molecule has 6 heteroatoms. The van der Waals surface area contributed by atoms with E-state index < -0.39 is 0 Å². The largest absolute Gasteiger partial charge is 0.462 e. The maximum atomic E-state index is 12.7. The summed E-state index contributed by atoms with van der Waals surface area (Å²) in [7, 11) is 8.29. The summed E-state index contributed by atoms with van der Waals surface area (Å²) in [5.41, 5.74) is 0. The van der Waals surface area contributed by atoms with Crippen molar-refractivity contribution in [3.8, 4) is 0 Å². The Kier molecular flexibility index (Phi) is 48.9. The van der Waals surface area contributed by atoms with Gasteiger partial charge < -0.3 is 19.3 Å². The Hall–Kier alpha value is -2.70. The van der Waals surface area contributed by atoms with Crippen molar-refractivity contribution in [2.45, 2.75) is 387 Å². The molecule has 0 heterocycles. The topological polar surface area (TPSA) is 59.1 Å². The number of carbonyl (C=O) groups excluding carboxylic acids is 2. The minimum Gasteiger partial charge on any atom is -0.462 e. The van der Waals surface area contributed by atoms with Gasteiger partial charge in [-0.3, -0.25) is 9.59 Å². The number of rotatable bonds is 66. The SMILES string of the molecule is CC/C=C\C/C=C\C/C=C\CCCCCCCCC(CCCCCCCC/C=C\C/C=C\C/C=C\CC)OC(=O)CCCN(C)C.CCCCCC1CC1CC1CC1CC1CC1CCCCCC(CCCCCC1CC1CC1CC1CC1CC1CCCCC)OC(=O)CCCN(C)C. The molecule has 6 fully saturated rings. The van der Waals surface area contributed by atoms with Crippen molar-refractivity contribution in [3.05, 3.63) is 72.9 Å². The number of allylic oxidation sites excluding steroid dienone is 12. The van der Waals surface area contributed by atoms with Crippen molar-refractivity contribution >= 4 is 11.9 Å². The molecule has 0 aromatic rings. The molecular formula is C92H162N2O4. The fourth-order valence-electron chi connectivity index (χ4n) is 16.8.